The molecular formula is C16H18ClFN2O3S. The van der Waals surface area contributed by atoms with Crippen molar-refractivity contribution in [2.45, 2.75) is 26.5 Å². The van der Waals surface area contributed by atoms with Crippen LogP contribution in [-0.2, 0) is 16.8 Å². The summed E-state index contributed by atoms with van der Waals surface area (Å²) in [5.74, 6) is 0.0327. The van der Waals surface area contributed by atoms with E-state index in [1.54, 1.807) is 32.0 Å². The van der Waals surface area contributed by atoms with Crippen molar-refractivity contribution in [2.24, 2.45) is 0 Å². The highest BCUT2D eigenvalue weighted by Crippen LogP contribution is 2.28. The molecule has 0 aliphatic rings. The number of nitrogens with one attached hydrogen (secondary N) is 2. The van der Waals surface area contributed by atoms with Crippen LogP contribution >= 0.6 is 11.6 Å². The van der Waals surface area contributed by atoms with Crippen LogP contribution in [0.25, 0.3) is 0 Å². The maximum Gasteiger partial charge on any atom is 0.299 e. The molecule has 0 fully saturated rings. The molecule has 0 aliphatic heterocycles. The molecule has 0 unspecified atom stereocenters. The van der Waals surface area contributed by atoms with Crippen LogP contribution in [-0.4, -0.2) is 14.5 Å². The van der Waals surface area contributed by atoms with Crippen LogP contribution in [0.15, 0.2) is 42.5 Å². The van der Waals surface area contributed by atoms with Crippen molar-refractivity contribution < 1.29 is 17.5 Å². The van der Waals surface area contributed by atoms with Gasteiger partial charge >= 0.3 is 0 Å². The Morgan fingerprint density at radius 1 is 1.21 bits per heavy atom. The molecule has 0 saturated carbocycles. The first kappa shape index (κ1) is 18.5. The highest BCUT2D eigenvalue weighted by Gasteiger charge is 2.12. The summed E-state index contributed by atoms with van der Waals surface area (Å²) in [5.41, 5.74) is 0.975. The lowest BCUT2D eigenvalue weighted by Crippen LogP contribution is -2.35. The van der Waals surface area contributed by atoms with Crippen molar-refractivity contribution in [3.8, 4) is 5.75 Å². The zero-order chi connectivity index (χ0) is 17.7. The van der Waals surface area contributed by atoms with Crippen LogP contribution < -0.4 is 14.2 Å². The zero-order valence-electron chi connectivity index (χ0n) is 13.2. The number of anilines is 1. The Balaban J connectivity index is 2.04. The summed E-state index contributed by atoms with van der Waals surface area (Å²) in [6.45, 7) is 3.59. The van der Waals surface area contributed by atoms with Gasteiger partial charge in [-0.15, -0.1) is 0 Å². The fourth-order valence-electron chi connectivity index (χ4n) is 1.96. The second-order valence-electron chi connectivity index (χ2n) is 5.44. The molecular weight excluding hydrogens is 355 g/mol. The first-order valence-electron chi connectivity index (χ1n) is 7.22. The SMILES string of the molecule is CC(C)NS(=O)(=O)Nc1ccc(OCc2cccc(F)c2)c(Cl)c1. The molecule has 2 aromatic carbocycles. The van der Waals surface area contributed by atoms with Gasteiger partial charge in [0.1, 0.15) is 18.2 Å². The summed E-state index contributed by atoms with van der Waals surface area (Å²) < 4.78 is 47.1. The summed E-state index contributed by atoms with van der Waals surface area (Å²) >= 11 is 6.11. The van der Waals surface area contributed by atoms with Crippen LogP contribution in [0.1, 0.15) is 19.4 Å². The van der Waals surface area contributed by atoms with E-state index in [9.17, 15) is 12.8 Å². The molecule has 2 rings (SSSR count). The van der Waals surface area contributed by atoms with Crippen LogP contribution in [0.2, 0.25) is 5.02 Å². The van der Waals surface area contributed by atoms with Crippen LogP contribution in [0, 0.1) is 5.82 Å². The number of ether oxygens (including phenoxy) is 1. The largest absolute Gasteiger partial charge is 0.487 e. The van der Waals surface area contributed by atoms with E-state index in [2.05, 4.69) is 9.44 Å². The molecule has 0 bridgehead atoms. The summed E-state index contributed by atoms with van der Waals surface area (Å²) in [5, 5.41) is 0.246. The molecule has 130 valence electrons. The quantitative estimate of drug-likeness (QED) is 0.778. The van der Waals surface area contributed by atoms with Gasteiger partial charge in [-0.1, -0.05) is 23.7 Å². The Bertz CT molecular complexity index is 813. The van der Waals surface area contributed by atoms with E-state index >= 15 is 0 Å². The first-order valence-corrected chi connectivity index (χ1v) is 9.08. The van der Waals surface area contributed by atoms with E-state index in [1.807, 2.05) is 0 Å². The lowest BCUT2D eigenvalue weighted by atomic mass is 10.2. The molecule has 24 heavy (non-hydrogen) atoms. The second-order valence-corrected chi connectivity index (χ2v) is 7.30. The van der Waals surface area contributed by atoms with Gasteiger partial charge in [-0.05, 0) is 49.7 Å². The monoisotopic (exact) mass is 372 g/mol. The minimum Gasteiger partial charge on any atom is -0.487 e. The lowest BCUT2D eigenvalue weighted by Gasteiger charge is -2.13. The summed E-state index contributed by atoms with van der Waals surface area (Å²) in [6, 6.07) is 10.3. The molecule has 2 N–H and O–H groups in total. The van der Waals surface area contributed by atoms with E-state index in [0.717, 1.165) is 0 Å². The van der Waals surface area contributed by atoms with Crippen molar-refractivity contribution in [1.29, 1.82) is 0 Å². The van der Waals surface area contributed by atoms with Crippen molar-refractivity contribution >= 4 is 27.5 Å². The molecule has 0 aliphatic carbocycles. The van der Waals surface area contributed by atoms with Crippen LogP contribution in [0.3, 0.4) is 0 Å². The van der Waals surface area contributed by atoms with Gasteiger partial charge < -0.3 is 4.74 Å². The molecule has 0 atom stereocenters. The van der Waals surface area contributed by atoms with Gasteiger partial charge in [-0.25, -0.2) is 4.39 Å². The van der Waals surface area contributed by atoms with Crippen LogP contribution in [0.5, 0.6) is 5.75 Å². The summed E-state index contributed by atoms with van der Waals surface area (Å²) in [4.78, 5) is 0. The predicted molar refractivity (Wildman–Crippen MR) is 93.0 cm³/mol. The van der Waals surface area contributed by atoms with Crippen molar-refractivity contribution in [3.63, 3.8) is 0 Å². The first-order chi connectivity index (χ1) is 11.2. The smallest absolute Gasteiger partial charge is 0.299 e. The Morgan fingerprint density at radius 3 is 2.58 bits per heavy atom. The number of benzene rings is 2. The van der Waals surface area contributed by atoms with E-state index in [0.29, 0.717) is 17.0 Å². The Morgan fingerprint density at radius 2 is 1.96 bits per heavy atom. The molecule has 0 heterocycles. The van der Waals surface area contributed by atoms with E-state index in [1.165, 1.54) is 24.3 Å². The molecule has 0 saturated heterocycles. The van der Waals surface area contributed by atoms with Gasteiger partial charge in [0.2, 0.25) is 0 Å². The molecule has 5 nitrogen and oxygen atoms in total. The van der Waals surface area contributed by atoms with Gasteiger partial charge in [0.15, 0.2) is 0 Å². The van der Waals surface area contributed by atoms with Crippen LogP contribution in [0.4, 0.5) is 10.1 Å². The third-order valence-electron chi connectivity index (χ3n) is 2.86. The third-order valence-corrected chi connectivity index (χ3v) is 4.44. The topological polar surface area (TPSA) is 67.4 Å². The maximum atomic E-state index is 13.1. The van der Waals surface area contributed by atoms with Gasteiger partial charge in [-0.3, -0.25) is 4.72 Å². The maximum absolute atomic E-state index is 13.1. The predicted octanol–water partition coefficient (Wildman–Crippen LogP) is 3.71. The van der Waals surface area contributed by atoms with Gasteiger partial charge in [0.05, 0.1) is 10.7 Å². The van der Waals surface area contributed by atoms with E-state index in [4.69, 9.17) is 16.3 Å². The Kier molecular flexibility index (Phi) is 6.04. The normalized spacial score (nSPS) is 11.5. The lowest BCUT2D eigenvalue weighted by molar-refractivity contribution is 0.306. The molecule has 2 aromatic rings. The highest BCUT2D eigenvalue weighted by atomic mass is 35.5. The zero-order valence-corrected chi connectivity index (χ0v) is 14.8. The van der Waals surface area contributed by atoms with Gasteiger partial charge in [0.25, 0.3) is 10.2 Å². The summed E-state index contributed by atoms with van der Waals surface area (Å²) in [7, 11) is -3.66. The van der Waals surface area contributed by atoms with E-state index in [-0.39, 0.29) is 23.5 Å². The number of halogens is 2. The molecule has 0 amide bonds. The summed E-state index contributed by atoms with van der Waals surface area (Å²) in [6.07, 6.45) is 0. The minimum atomic E-state index is -3.66. The minimum absolute atomic E-state index is 0.150. The van der Waals surface area contributed by atoms with Gasteiger partial charge in [0, 0.05) is 6.04 Å². The molecule has 0 aromatic heterocycles. The standard InChI is InChI=1S/C16H18ClFN2O3S/c1-11(2)19-24(21,22)20-14-6-7-16(15(17)9-14)23-10-12-4-3-5-13(18)8-12/h3-9,11,19-20H,10H2,1-2H3. The van der Waals surface area contributed by atoms with Crippen molar-refractivity contribution in [1.82, 2.24) is 4.72 Å². The molecule has 0 radical (unpaired) electrons. The average Bonchev–Trinajstić information content (AvgIpc) is 2.44. The number of rotatable bonds is 7. The van der Waals surface area contributed by atoms with Crippen molar-refractivity contribution in [2.75, 3.05) is 4.72 Å². The van der Waals surface area contributed by atoms with Gasteiger partial charge in [-0.2, -0.15) is 13.1 Å². The second kappa shape index (κ2) is 7.83. The van der Waals surface area contributed by atoms with E-state index < -0.39 is 10.2 Å². The highest BCUT2D eigenvalue weighted by molar-refractivity contribution is 7.90. The Labute approximate surface area is 146 Å². The Hall–Kier alpha value is -1.83. The number of hydrogen-bond acceptors (Lipinski definition) is 3. The van der Waals surface area contributed by atoms with Crippen molar-refractivity contribution in [3.05, 3.63) is 58.9 Å². The fourth-order valence-corrected chi connectivity index (χ4v) is 3.32. The number of hydrogen-bond donors (Lipinski definition) is 2. The average molecular weight is 373 g/mol. The third kappa shape index (κ3) is 5.67. The molecule has 8 heteroatoms. The fraction of sp³-hybridized carbons (Fsp3) is 0.250. The molecule has 0 spiro atoms.